The van der Waals surface area contributed by atoms with Gasteiger partial charge in [0.05, 0.1) is 35.4 Å². The molecule has 0 radical (unpaired) electrons. The van der Waals surface area contributed by atoms with E-state index in [9.17, 15) is 17.8 Å². The Balaban J connectivity index is 1.79. The van der Waals surface area contributed by atoms with Crippen LogP contribution >= 0.6 is 0 Å². The highest BCUT2D eigenvalue weighted by molar-refractivity contribution is 7.85. The summed E-state index contributed by atoms with van der Waals surface area (Å²) in [5.74, 6) is 0.745. The van der Waals surface area contributed by atoms with Crippen LogP contribution in [0.25, 0.3) is 0 Å². The van der Waals surface area contributed by atoms with Crippen molar-refractivity contribution in [2.75, 3.05) is 18.2 Å². The molecule has 9 heteroatoms. The van der Waals surface area contributed by atoms with Crippen LogP contribution in [0.15, 0.2) is 64.6 Å². The van der Waals surface area contributed by atoms with Crippen molar-refractivity contribution in [3.8, 4) is 11.5 Å². The van der Waals surface area contributed by atoms with Crippen molar-refractivity contribution in [3.63, 3.8) is 0 Å². The van der Waals surface area contributed by atoms with E-state index in [0.717, 1.165) is 11.3 Å². The molecular weight excluding hydrogens is 444 g/mol. The van der Waals surface area contributed by atoms with Gasteiger partial charge in [-0.3, -0.25) is 9.35 Å². The molecule has 0 unspecified atom stereocenters. The quantitative estimate of drug-likeness (QED) is 0.483. The fraction of sp³-hybridized carbons (Fsp3) is 0.333. The first kappa shape index (κ1) is 23.0. The second-order valence-electron chi connectivity index (χ2n) is 7.79. The summed E-state index contributed by atoms with van der Waals surface area (Å²) in [5.41, 5.74) is 2.01. The highest BCUT2D eigenvalue weighted by atomic mass is 32.2. The number of ether oxygens (including phenoxy) is 2. The predicted molar refractivity (Wildman–Crippen MR) is 124 cm³/mol. The van der Waals surface area contributed by atoms with Crippen LogP contribution in [0.2, 0.25) is 0 Å². The number of hydrogen-bond acceptors (Lipinski definition) is 6. The first-order chi connectivity index (χ1) is 15.8. The average molecular weight is 471 g/mol. The van der Waals surface area contributed by atoms with Gasteiger partial charge >= 0.3 is 0 Å². The molecule has 0 spiro atoms. The van der Waals surface area contributed by atoms with E-state index in [2.05, 4.69) is 6.08 Å². The number of amides is 1. The zero-order valence-corrected chi connectivity index (χ0v) is 19.3. The van der Waals surface area contributed by atoms with Crippen LogP contribution in [0.5, 0.6) is 11.5 Å². The predicted octanol–water partition coefficient (Wildman–Crippen LogP) is 4.06. The van der Waals surface area contributed by atoms with E-state index < -0.39 is 10.1 Å². The highest BCUT2D eigenvalue weighted by Gasteiger charge is 2.40. The maximum Gasteiger partial charge on any atom is 0.294 e. The molecule has 2 atom stereocenters. The van der Waals surface area contributed by atoms with Gasteiger partial charge in [0, 0.05) is 11.5 Å². The summed E-state index contributed by atoms with van der Waals surface area (Å²) in [7, 11) is -4.33. The third-order valence-corrected chi connectivity index (χ3v) is 6.60. The van der Waals surface area contributed by atoms with Crippen LogP contribution in [-0.4, -0.2) is 37.8 Å². The molecule has 0 fully saturated rings. The third-order valence-electron chi connectivity index (χ3n) is 5.74. The van der Waals surface area contributed by atoms with Gasteiger partial charge in [-0.05, 0) is 69.2 Å². The minimum atomic E-state index is -4.33. The van der Waals surface area contributed by atoms with E-state index in [4.69, 9.17) is 14.6 Å². The normalized spacial score (nSPS) is 20.3. The van der Waals surface area contributed by atoms with E-state index >= 15 is 0 Å². The number of fused-ring (bicyclic) bond motifs is 1. The van der Waals surface area contributed by atoms with Crippen LogP contribution in [-0.2, 0) is 14.9 Å². The van der Waals surface area contributed by atoms with Crippen molar-refractivity contribution >= 4 is 27.4 Å². The molecule has 2 aromatic carbocycles. The van der Waals surface area contributed by atoms with Gasteiger partial charge < -0.3 is 9.47 Å². The molecular formula is C24H26N2O6S. The summed E-state index contributed by atoms with van der Waals surface area (Å²) in [6.45, 7) is 4.80. The fourth-order valence-corrected chi connectivity index (χ4v) is 4.68. The van der Waals surface area contributed by atoms with E-state index in [-0.39, 0.29) is 22.6 Å². The molecule has 1 heterocycles. The van der Waals surface area contributed by atoms with Crippen LogP contribution in [0.3, 0.4) is 0 Å². The van der Waals surface area contributed by atoms with Gasteiger partial charge in [0.1, 0.15) is 0 Å². The van der Waals surface area contributed by atoms with Crippen LogP contribution in [0.1, 0.15) is 32.3 Å². The molecule has 8 nitrogen and oxygen atoms in total. The molecule has 2 aliphatic rings. The van der Waals surface area contributed by atoms with Crippen molar-refractivity contribution in [1.82, 2.24) is 0 Å². The second-order valence-corrected chi connectivity index (χ2v) is 9.21. The molecule has 1 aliphatic carbocycles. The number of carbonyl (C=O) groups excluding carboxylic acids is 1. The monoisotopic (exact) mass is 470 g/mol. The Bertz CT molecular complexity index is 1200. The molecule has 0 saturated carbocycles. The Labute approximate surface area is 193 Å². The Morgan fingerprint density at radius 3 is 2.24 bits per heavy atom. The molecule has 2 aromatic rings. The minimum Gasteiger partial charge on any atom is -0.490 e. The first-order valence-electron chi connectivity index (χ1n) is 10.9. The molecule has 1 amide bonds. The average Bonchev–Trinajstić information content (AvgIpc) is 2.81. The standard InChI is InChI=1S/C24H26N2O6S/c1-3-31-21-14-9-16(15-22(21)32-4-2)23-19-7-5-6-8-20(19)24(27)26(25-23)17-10-12-18(13-11-17)33(28,29)30/h5-6,9-15,19-20H,3-4,7-8H2,1-2H3,(H,28,29,30)/t19-,20+/m0/s1. The lowest BCUT2D eigenvalue weighted by Gasteiger charge is -2.37. The van der Waals surface area contributed by atoms with Crippen LogP contribution in [0.4, 0.5) is 5.69 Å². The summed E-state index contributed by atoms with van der Waals surface area (Å²) in [5, 5.41) is 6.03. The molecule has 4 rings (SSSR count). The van der Waals surface area contributed by atoms with Crippen molar-refractivity contribution in [1.29, 1.82) is 0 Å². The number of rotatable bonds is 7. The van der Waals surface area contributed by atoms with Crippen molar-refractivity contribution in [2.24, 2.45) is 16.9 Å². The van der Waals surface area contributed by atoms with Crippen molar-refractivity contribution in [3.05, 3.63) is 60.2 Å². The molecule has 33 heavy (non-hydrogen) atoms. The van der Waals surface area contributed by atoms with Gasteiger partial charge in [-0.25, -0.2) is 5.01 Å². The molecule has 174 valence electrons. The zero-order valence-electron chi connectivity index (χ0n) is 18.5. The lowest BCUT2D eigenvalue weighted by molar-refractivity contribution is -0.123. The minimum absolute atomic E-state index is 0.0803. The molecule has 0 aromatic heterocycles. The Morgan fingerprint density at radius 2 is 1.61 bits per heavy atom. The number of carbonyl (C=O) groups is 1. The summed E-state index contributed by atoms with van der Waals surface area (Å²) < 4.78 is 43.5. The molecule has 0 bridgehead atoms. The second kappa shape index (κ2) is 9.36. The maximum atomic E-state index is 13.3. The number of benzene rings is 2. The Hall–Kier alpha value is -3.17. The fourth-order valence-electron chi connectivity index (χ4n) is 4.20. The SMILES string of the molecule is CCOc1ccc(C2=NN(c3ccc(S(=O)(=O)O)cc3)C(=O)[C@@H]3CC=CC[C@H]23)cc1OCC. The van der Waals surface area contributed by atoms with E-state index in [1.807, 2.05) is 38.1 Å². The number of nitrogens with zero attached hydrogens (tertiary/aromatic N) is 2. The summed E-state index contributed by atoms with van der Waals surface area (Å²) >= 11 is 0. The smallest absolute Gasteiger partial charge is 0.294 e. The lowest BCUT2D eigenvalue weighted by Crippen LogP contribution is -2.45. The highest BCUT2D eigenvalue weighted by Crippen LogP contribution is 2.38. The van der Waals surface area contributed by atoms with E-state index in [1.165, 1.54) is 29.3 Å². The zero-order chi connectivity index (χ0) is 23.6. The van der Waals surface area contributed by atoms with Gasteiger partial charge in [-0.2, -0.15) is 13.5 Å². The number of anilines is 1. The van der Waals surface area contributed by atoms with Gasteiger partial charge in [0.2, 0.25) is 0 Å². The molecule has 1 N–H and O–H groups in total. The third kappa shape index (κ3) is 4.65. The van der Waals surface area contributed by atoms with Gasteiger partial charge in [0.25, 0.3) is 16.0 Å². The van der Waals surface area contributed by atoms with Crippen LogP contribution < -0.4 is 14.5 Å². The summed E-state index contributed by atoms with van der Waals surface area (Å²) in [6, 6.07) is 11.1. The van der Waals surface area contributed by atoms with Crippen LogP contribution in [0, 0.1) is 11.8 Å². The van der Waals surface area contributed by atoms with Gasteiger partial charge in [0.15, 0.2) is 11.5 Å². The van der Waals surface area contributed by atoms with Gasteiger partial charge in [-0.15, -0.1) is 0 Å². The topological polar surface area (TPSA) is 106 Å². The lowest BCUT2D eigenvalue weighted by atomic mass is 9.76. The Kier molecular flexibility index (Phi) is 6.53. The van der Waals surface area contributed by atoms with Crippen molar-refractivity contribution in [2.45, 2.75) is 31.6 Å². The van der Waals surface area contributed by atoms with E-state index in [0.29, 0.717) is 43.2 Å². The molecule has 0 saturated heterocycles. The largest absolute Gasteiger partial charge is 0.490 e. The summed E-state index contributed by atoms with van der Waals surface area (Å²) in [4.78, 5) is 13.1. The van der Waals surface area contributed by atoms with E-state index in [1.54, 1.807) is 0 Å². The number of allylic oxidation sites excluding steroid dienone is 2. The summed E-state index contributed by atoms with van der Waals surface area (Å²) in [6.07, 6.45) is 5.36. The Morgan fingerprint density at radius 1 is 0.970 bits per heavy atom. The maximum absolute atomic E-state index is 13.3. The van der Waals surface area contributed by atoms with Gasteiger partial charge in [-0.1, -0.05) is 12.2 Å². The van der Waals surface area contributed by atoms with Crippen molar-refractivity contribution < 1.29 is 27.2 Å². The number of hydrazone groups is 1. The first-order valence-corrected chi connectivity index (χ1v) is 12.3. The number of hydrogen-bond donors (Lipinski definition) is 1. The molecule has 1 aliphatic heterocycles.